The van der Waals surface area contributed by atoms with E-state index in [0.29, 0.717) is 5.56 Å². The van der Waals surface area contributed by atoms with Crippen molar-refractivity contribution in [3.63, 3.8) is 0 Å². The number of hydrogen-bond donors (Lipinski definition) is 1. The summed E-state index contributed by atoms with van der Waals surface area (Å²) in [4.78, 5) is 0. The van der Waals surface area contributed by atoms with Crippen LogP contribution < -0.4 is 5.32 Å². The second kappa shape index (κ2) is 4.00. The van der Waals surface area contributed by atoms with Crippen molar-refractivity contribution in [2.45, 2.75) is 18.9 Å². The van der Waals surface area contributed by atoms with Crippen LogP contribution >= 0.6 is 0 Å². The quantitative estimate of drug-likeness (QED) is 0.796. The molecule has 0 radical (unpaired) electrons. The maximum absolute atomic E-state index is 13.0. The van der Waals surface area contributed by atoms with Crippen LogP contribution in [0.15, 0.2) is 24.3 Å². The molecular weight excluding hydrogens is 191 g/mol. The van der Waals surface area contributed by atoms with Crippen LogP contribution in [0.2, 0.25) is 0 Å². The third kappa shape index (κ3) is 2.48. The molecule has 0 aliphatic heterocycles. The molecule has 0 bridgehead atoms. The van der Waals surface area contributed by atoms with Crippen LogP contribution in [-0.4, -0.2) is 13.0 Å². The average Bonchev–Trinajstić information content (AvgIpc) is 2.07. The van der Waals surface area contributed by atoms with Crippen LogP contribution in [0.1, 0.15) is 18.5 Å². The molecule has 0 saturated heterocycles. The molecule has 1 nitrogen and oxygen atoms in total. The van der Waals surface area contributed by atoms with Gasteiger partial charge in [0.15, 0.2) is 0 Å². The van der Waals surface area contributed by atoms with Crippen molar-refractivity contribution < 1.29 is 13.2 Å². The summed E-state index contributed by atoms with van der Waals surface area (Å²) in [5.41, 5.74) is 0.376. The highest BCUT2D eigenvalue weighted by Gasteiger charge is 2.33. The molecule has 0 heterocycles. The molecule has 0 aromatic heterocycles. The van der Waals surface area contributed by atoms with Gasteiger partial charge in [-0.3, -0.25) is 0 Å². The second-order valence-electron chi connectivity index (χ2n) is 3.23. The predicted octanol–water partition coefficient (Wildman–Crippen LogP) is 2.74. The Morgan fingerprint density at radius 1 is 1.21 bits per heavy atom. The highest BCUT2D eigenvalue weighted by Crippen LogP contribution is 2.30. The van der Waals surface area contributed by atoms with Gasteiger partial charge in [-0.05, 0) is 24.7 Å². The topological polar surface area (TPSA) is 12.0 Å². The Morgan fingerprint density at radius 3 is 2.07 bits per heavy atom. The molecular formula is C10H12F3N. The van der Waals surface area contributed by atoms with Crippen LogP contribution in [-0.2, 0) is 0 Å². The molecule has 4 heteroatoms. The van der Waals surface area contributed by atoms with Gasteiger partial charge in [-0.1, -0.05) is 12.1 Å². The zero-order valence-electron chi connectivity index (χ0n) is 8.02. The molecule has 1 aromatic carbocycles. The Kier molecular flexibility index (Phi) is 3.16. The van der Waals surface area contributed by atoms with E-state index in [4.69, 9.17) is 0 Å². The Morgan fingerprint density at radius 2 is 1.71 bits per heavy atom. The Balaban J connectivity index is 2.96. The number of alkyl halides is 2. The SMILES string of the molecule is CNC(c1ccc(F)cc1)C(C)(F)F. The van der Waals surface area contributed by atoms with Crippen molar-refractivity contribution in [1.29, 1.82) is 0 Å². The first kappa shape index (κ1) is 11.0. The molecule has 1 N–H and O–H groups in total. The first-order chi connectivity index (χ1) is 6.45. The van der Waals surface area contributed by atoms with E-state index in [-0.39, 0.29) is 0 Å². The van der Waals surface area contributed by atoms with Gasteiger partial charge in [-0.25, -0.2) is 13.2 Å². The van der Waals surface area contributed by atoms with Crippen molar-refractivity contribution in [2.24, 2.45) is 0 Å². The van der Waals surface area contributed by atoms with Crippen molar-refractivity contribution in [3.8, 4) is 0 Å². The summed E-state index contributed by atoms with van der Waals surface area (Å²) >= 11 is 0. The highest BCUT2D eigenvalue weighted by molar-refractivity contribution is 5.21. The fourth-order valence-corrected chi connectivity index (χ4v) is 1.37. The van der Waals surface area contributed by atoms with E-state index in [1.807, 2.05) is 0 Å². The zero-order valence-corrected chi connectivity index (χ0v) is 8.02. The Bertz CT molecular complexity index is 289. The number of rotatable bonds is 3. The van der Waals surface area contributed by atoms with Gasteiger partial charge >= 0.3 is 0 Å². The number of halogens is 3. The van der Waals surface area contributed by atoms with Crippen LogP contribution in [0.4, 0.5) is 13.2 Å². The van der Waals surface area contributed by atoms with Crippen LogP contribution in [0.3, 0.4) is 0 Å². The van der Waals surface area contributed by atoms with Gasteiger partial charge in [0, 0.05) is 6.92 Å². The van der Waals surface area contributed by atoms with Crippen molar-refractivity contribution >= 4 is 0 Å². The molecule has 0 saturated carbocycles. The smallest absolute Gasteiger partial charge is 0.264 e. The summed E-state index contributed by atoms with van der Waals surface area (Å²) in [6, 6.07) is 3.97. The van der Waals surface area contributed by atoms with Gasteiger partial charge < -0.3 is 5.32 Å². The molecule has 1 aromatic rings. The summed E-state index contributed by atoms with van der Waals surface area (Å²) in [6.07, 6.45) is 0. The minimum Gasteiger partial charge on any atom is -0.308 e. The van der Waals surface area contributed by atoms with E-state index in [2.05, 4.69) is 5.32 Å². The summed E-state index contributed by atoms with van der Waals surface area (Å²) < 4.78 is 38.6. The van der Waals surface area contributed by atoms with Gasteiger partial charge in [-0.2, -0.15) is 0 Å². The van der Waals surface area contributed by atoms with E-state index in [0.717, 1.165) is 6.92 Å². The lowest BCUT2D eigenvalue weighted by molar-refractivity contribution is -0.0169. The Labute approximate surface area is 80.9 Å². The average molecular weight is 203 g/mol. The third-order valence-corrected chi connectivity index (χ3v) is 2.00. The van der Waals surface area contributed by atoms with Crippen LogP contribution in [0.5, 0.6) is 0 Å². The first-order valence-electron chi connectivity index (χ1n) is 4.25. The molecule has 0 aliphatic carbocycles. The van der Waals surface area contributed by atoms with Gasteiger partial charge in [-0.15, -0.1) is 0 Å². The molecule has 0 fully saturated rings. The van der Waals surface area contributed by atoms with Crippen molar-refractivity contribution in [3.05, 3.63) is 35.6 Å². The van der Waals surface area contributed by atoms with E-state index in [1.54, 1.807) is 0 Å². The third-order valence-electron chi connectivity index (χ3n) is 2.00. The maximum atomic E-state index is 13.0. The predicted molar refractivity (Wildman–Crippen MR) is 48.8 cm³/mol. The number of benzene rings is 1. The summed E-state index contributed by atoms with van der Waals surface area (Å²) in [6.45, 7) is 0.831. The van der Waals surface area contributed by atoms with Crippen molar-refractivity contribution in [1.82, 2.24) is 5.32 Å². The van der Waals surface area contributed by atoms with Gasteiger partial charge in [0.05, 0.1) is 6.04 Å². The lowest BCUT2D eigenvalue weighted by Crippen LogP contribution is -2.32. The second-order valence-corrected chi connectivity index (χ2v) is 3.23. The largest absolute Gasteiger partial charge is 0.308 e. The highest BCUT2D eigenvalue weighted by atomic mass is 19.3. The molecule has 1 atom stereocenters. The maximum Gasteiger partial charge on any atom is 0.264 e. The fourth-order valence-electron chi connectivity index (χ4n) is 1.37. The summed E-state index contributed by atoms with van der Waals surface area (Å²) in [7, 11) is 1.45. The fraction of sp³-hybridized carbons (Fsp3) is 0.400. The minimum absolute atomic E-state index is 0.376. The summed E-state index contributed by atoms with van der Waals surface area (Å²) in [5, 5.41) is 2.51. The first-order valence-corrected chi connectivity index (χ1v) is 4.25. The lowest BCUT2D eigenvalue weighted by atomic mass is 10.0. The van der Waals surface area contributed by atoms with Crippen LogP contribution in [0.25, 0.3) is 0 Å². The zero-order chi connectivity index (χ0) is 10.8. The lowest BCUT2D eigenvalue weighted by Gasteiger charge is -2.23. The molecule has 0 aliphatic rings. The number of nitrogens with one attached hydrogen (secondary N) is 1. The molecule has 78 valence electrons. The van der Waals surface area contributed by atoms with E-state index >= 15 is 0 Å². The van der Waals surface area contributed by atoms with E-state index in [1.165, 1.54) is 31.3 Å². The van der Waals surface area contributed by atoms with E-state index < -0.39 is 17.8 Å². The minimum atomic E-state index is -2.87. The molecule has 1 unspecified atom stereocenters. The Hall–Kier alpha value is -1.03. The molecule has 1 rings (SSSR count). The number of hydrogen-bond acceptors (Lipinski definition) is 1. The van der Waals surface area contributed by atoms with Crippen LogP contribution in [0, 0.1) is 5.82 Å². The van der Waals surface area contributed by atoms with Gasteiger partial charge in [0.2, 0.25) is 0 Å². The monoisotopic (exact) mass is 203 g/mol. The van der Waals surface area contributed by atoms with Crippen molar-refractivity contribution in [2.75, 3.05) is 7.05 Å². The summed E-state index contributed by atoms with van der Waals surface area (Å²) in [5.74, 6) is -3.30. The molecule has 0 amide bonds. The molecule has 0 spiro atoms. The van der Waals surface area contributed by atoms with E-state index in [9.17, 15) is 13.2 Å². The normalized spacial score (nSPS) is 14.1. The van der Waals surface area contributed by atoms with Gasteiger partial charge in [0.25, 0.3) is 5.92 Å². The standard InChI is InChI=1S/C10H12F3N/c1-10(12,13)9(14-2)7-3-5-8(11)6-4-7/h3-6,9,14H,1-2H3. The molecule has 14 heavy (non-hydrogen) atoms. The van der Waals surface area contributed by atoms with Gasteiger partial charge in [0.1, 0.15) is 5.82 Å².